The van der Waals surface area contributed by atoms with Crippen LogP contribution in [0.1, 0.15) is 65.4 Å². The predicted octanol–water partition coefficient (Wildman–Crippen LogP) is 2.68. The number of aromatic amines is 1. The first-order valence-electron chi connectivity index (χ1n) is 9.31. The van der Waals surface area contributed by atoms with Crippen LogP contribution in [0.15, 0.2) is 14.6 Å². The highest BCUT2D eigenvalue weighted by Gasteiger charge is 2.61. The number of nitrogens with one attached hydrogen (secondary N) is 1. The molecule has 0 unspecified atom stereocenters. The van der Waals surface area contributed by atoms with Gasteiger partial charge in [0.05, 0.1) is 6.04 Å². The summed E-state index contributed by atoms with van der Waals surface area (Å²) in [5, 5.41) is 10.4. The van der Waals surface area contributed by atoms with Crippen LogP contribution in [0.25, 0.3) is 0 Å². The summed E-state index contributed by atoms with van der Waals surface area (Å²) < 4.78 is 1.22. The van der Waals surface area contributed by atoms with Gasteiger partial charge in [0.2, 0.25) is 5.88 Å². The molecule has 6 heteroatoms. The highest BCUT2D eigenvalue weighted by molar-refractivity contribution is 5.82. The minimum absolute atomic E-state index is 0.0832. The Morgan fingerprint density at radius 1 is 1.36 bits per heavy atom. The molecular weight excluding hydrogens is 318 g/mol. The molecule has 2 saturated carbocycles. The third kappa shape index (κ3) is 2.66. The van der Waals surface area contributed by atoms with E-state index in [4.69, 9.17) is 4.99 Å². The molecule has 0 spiro atoms. The van der Waals surface area contributed by atoms with Crippen LogP contribution in [0.5, 0.6) is 5.88 Å². The lowest BCUT2D eigenvalue weighted by molar-refractivity contribution is 0.137. The number of nitrogens with zero attached hydrogens (tertiary/aromatic N) is 2. The molecule has 2 aliphatic rings. The zero-order chi connectivity index (χ0) is 18.4. The average Bonchev–Trinajstić information content (AvgIpc) is 2.87. The zero-order valence-corrected chi connectivity index (χ0v) is 15.6. The number of aromatic nitrogens is 2. The summed E-state index contributed by atoms with van der Waals surface area (Å²) in [6.45, 7) is 9.31. The second-order valence-electron chi connectivity index (χ2n) is 8.41. The molecule has 0 saturated heterocycles. The molecule has 0 radical (unpaired) electrons. The van der Waals surface area contributed by atoms with Crippen LogP contribution in [0.4, 0.5) is 0 Å². The van der Waals surface area contributed by atoms with Crippen molar-refractivity contribution in [1.29, 1.82) is 0 Å². The van der Waals surface area contributed by atoms with Gasteiger partial charge < -0.3 is 5.11 Å². The van der Waals surface area contributed by atoms with E-state index in [1.54, 1.807) is 0 Å². The number of hydrogen-bond donors (Lipinski definition) is 2. The Labute approximate surface area is 148 Å². The Bertz CT molecular complexity index is 805. The molecule has 2 N–H and O–H groups in total. The summed E-state index contributed by atoms with van der Waals surface area (Å²) in [6, 6.07) is 0.149. The molecule has 2 fully saturated rings. The number of H-pyrrole nitrogens is 1. The van der Waals surface area contributed by atoms with Gasteiger partial charge in [0.1, 0.15) is 5.56 Å². The molecule has 138 valence electrons. The van der Waals surface area contributed by atoms with Crippen molar-refractivity contribution in [3.63, 3.8) is 0 Å². The van der Waals surface area contributed by atoms with Crippen molar-refractivity contribution in [3.8, 4) is 5.88 Å². The summed E-state index contributed by atoms with van der Waals surface area (Å²) in [5.41, 5.74) is -0.705. The Morgan fingerprint density at radius 2 is 2.08 bits per heavy atom. The average molecular weight is 347 g/mol. The minimum atomic E-state index is -0.577. The Balaban J connectivity index is 1.93. The quantitative estimate of drug-likeness (QED) is 0.803. The number of aliphatic imine (C=N–C) groups is 1. The van der Waals surface area contributed by atoms with Gasteiger partial charge >= 0.3 is 5.69 Å². The Kier molecular flexibility index (Phi) is 4.41. The van der Waals surface area contributed by atoms with Crippen LogP contribution >= 0.6 is 0 Å². The summed E-state index contributed by atoms with van der Waals surface area (Å²) in [5.74, 6) is 0.378. The fourth-order valence-electron chi connectivity index (χ4n) is 4.77. The van der Waals surface area contributed by atoms with Crippen LogP contribution in [0.2, 0.25) is 0 Å². The number of rotatable bonds is 5. The van der Waals surface area contributed by atoms with Crippen molar-refractivity contribution in [2.45, 2.75) is 72.4 Å². The van der Waals surface area contributed by atoms with E-state index in [0.717, 1.165) is 25.7 Å². The molecule has 2 aliphatic carbocycles. The smallest absolute Gasteiger partial charge is 0.331 e. The summed E-state index contributed by atoms with van der Waals surface area (Å²) in [6.07, 6.45) is 6.53. The molecule has 0 aromatic carbocycles. The lowest BCUT2D eigenvalue weighted by Crippen LogP contribution is -2.35. The Morgan fingerprint density at radius 3 is 2.64 bits per heavy atom. The van der Waals surface area contributed by atoms with Crippen LogP contribution in [0, 0.1) is 16.7 Å². The topological polar surface area (TPSA) is 87.4 Å². The van der Waals surface area contributed by atoms with E-state index in [0.29, 0.717) is 12.5 Å². The predicted molar refractivity (Wildman–Crippen MR) is 98.5 cm³/mol. The maximum atomic E-state index is 12.1. The normalized spacial score (nSPS) is 30.4. The number of fused-ring (bicyclic) bond motifs is 2. The van der Waals surface area contributed by atoms with Crippen LogP contribution in [0.3, 0.4) is 0 Å². The van der Waals surface area contributed by atoms with Crippen molar-refractivity contribution < 1.29 is 5.11 Å². The maximum absolute atomic E-state index is 12.1. The molecule has 1 aromatic heterocycles. The monoisotopic (exact) mass is 347 g/mol. The molecule has 0 amide bonds. The van der Waals surface area contributed by atoms with Gasteiger partial charge in [-0.2, -0.15) is 0 Å². The largest absolute Gasteiger partial charge is 0.494 e. The van der Waals surface area contributed by atoms with Crippen LogP contribution in [-0.2, 0) is 6.54 Å². The van der Waals surface area contributed by atoms with Crippen LogP contribution < -0.4 is 11.2 Å². The highest BCUT2D eigenvalue weighted by atomic mass is 16.3. The first-order valence-corrected chi connectivity index (χ1v) is 9.31. The van der Waals surface area contributed by atoms with E-state index in [1.807, 2.05) is 6.92 Å². The van der Waals surface area contributed by atoms with Gasteiger partial charge in [0, 0.05) is 12.8 Å². The van der Waals surface area contributed by atoms with Crippen LogP contribution in [-0.4, -0.2) is 26.9 Å². The molecule has 25 heavy (non-hydrogen) atoms. The van der Waals surface area contributed by atoms with Crippen molar-refractivity contribution in [1.82, 2.24) is 9.55 Å². The highest BCUT2D eigenvalue weighted by Crippen LogP contribution is 2.66. The lowest BCUT2D eigenvalue weighted by Gasteiger charge is -2.37. The number of unbranched alkanes of at least 4 members (excludes halogenated alkanes) is 1. The number of aromatic hydroxyl groups is 1. The first kappa shape index (κ1) is 18.0. The van der Waals surface area contributed by atoms with Gasteiger partial charge in [-0.1, -0.05) is 34.1 Å². The minimum Gasteiger partial charge on any atom is -0.494 e. The van der Waals surface area contributed by atoms with Crippen molar-refractivity contribution >= 4 is 6.21 Å². The van der Waals surface area contributed by atoms with Gasteiger partial charge in [0.25, 0.3) is 5.56 Å². The van der Waals surface area contributed by atoms with E-state index in [-0.39, 0.29) is 28.3 Å². The van der Waals surface area contributed by atoms with Crippen molar-refractivity contribution in [2.24, 2.45) is 21.7 Å². The summed E-state index contributed by atoms with van der Waals surface area (Å²) in [4.78, 5) is 31.0. The second-order valence-corrected chi connectivity index (χ2v) is 8.41. The fraction of sp³-hybridized carbons (Fsp3) is 0.737. The van der Waals surface area contributed by atoms with Gasteiger partial charge in [-0.15, -0.1) is 0 Å². The van der Waals surface area contributed by atoms with E-state index in [1.165, 1.54) is 17.2 Å². The molecule has 3 rings (SSSR count). The SMILES string of the molecule is CCCCn1c(O)c(C=N[C@H]2C[C@H]3CC[C@]2(C)C3(C)C)c(=O)[nH]c1=O. The molecule has 0 aliphatic heterocycles. The molecule has 1 aromatic rings. The van der Waals surface area contributed by atoms with E-state index in [9.17, 15) is 14.7 Å². The molecule has 3 atom stereocenters. The molecule has 2 bridgehead atoms. The maximum Gasteiger partial charge on any atom is 0.331 e. The Hall–Kier alpha value is -1.85. The zero-order valence-electron chi connectivity index (χ0n) is 15.6. The second kappa shape index (κ2) is 6.15. The molecule has 6 nitrogen and oxygen atoms in total. The molecule has 1 heterocycles. The third-order valence-electron chi connectivity index (χ3n) is 7.07. The summed E-state index contributed by atoms with van der Waals surface area (Å²) in [7, 11) is 0. The van der Waals surface area contributed by atoms with Crippen molar-refractivity contribution in [2.75, 3.05) is 0 Å². The van der Waals surface area contributed by atoms with Gasteiger partial charge in [-0.25, -0.2) is 4.79 Å². The third-order valence-corrected chi connectivity index (χ3v) is 7.07. The molecular formula is C19H29N3O3. The number of hydrogen-bond acceptors (Lipinski definition) is 4. The van der Waals surface area contributed by atoms with Gasteiger partial charge in [-0.3, -0.25) is 19.3 Å². The first-order chi connectivity index (χ1) is 11.7. The van der Waals surface area contributed by atoms with Gasteiger partial charge in [-0.05, 0) is 42.4 Å². The summed E-state index contributed by atoms with van der Waals surface area (Å²) >= 11 is 0. The standard InChI is InChI=1S/C19H29N3O3/c1-5-6-9-22-16(24)13(15(23)21-17(22)25)11-20-14-10-12-7-8-19(14,4)18(12,2)3/h11-12,14,24H,5-10H2,1-4H3,(H,21,23,25)/t12-,14+,19+/m1/s1. The lowest BCUT2D eigenvalue weighted by atomic mass is 9.69. The fourth-order valence-corrected chi connectivity index (χ4v) is 4.77. The van der Waals surface area contributed by atoms with Gasteiger partial charge in [0.15, 0.2) is 0 Å². The van der Waals surface area contributed by atoms with Crippen molar-refractivity contribution in [3.05, 3.63) is 26.4 Å². The van der Waals surface area contributed by atoms with E-state index < -0.39 is 11.2 Å². The van der Waals surface area contributed by atoms with E-state index in [2.05, 4.69) is 25.8 Å². The van der Waals surface area contributed by atoms with E-state index >= 15 is 0 Å².